The number of hydrogen-bond donors (Lipinski definition) is 4. The Hall–Kier alpha value is -3.02. The van der Waals surface area contributed by atoms with Crippen molar-refractivity contribution in [3.63, 3.8) is 0 Å². The topological polar surface area (TPSA) is 189 Å². The van der Waals surface area contributed by atoms with Gasteiger partial charge in [-0.1, -0.05) is 0 Å². The quantitative estimate of drug-likeness (QED) is 0.404. The van der Waals surface area contributed by atoms with E-state index in [1.807, 2.05) is 0 Å². The number of pyridine rings is 1. The third-order valence-electron chi connectivity index (χ3n) is 1.32. The fourth-order valence-electron chi connectivity index (χ4n) is 0.769. The fourth-order valence-corrected chi connectivity index (χ4v) is 0.769. The molecular formula is C8H12N4O8. The minimum atomic E-state index is -1.50. The number of amides is 1. The molecule has 0 aromatic carbocycles. The van der Waals surface area contributed by atoms with Gasteiger partial charge in [-0.05, 0) is 12.1 Å². The largest absolute Gasteiger partial charge is 0.395 e. The lowest BCUT2D eigenvalue weighted by molar-refractivity contribution is -0.742. The standard InChI is InChI=1S/C8H10N2O2.2HNO3/c11-5-4-10-8(12)7-2-1-3-9-6-7;2*2-1(3)4/h1-3,6,11H,4-5H2,(H,10,12);2*(H,2,3,4). The van der Waals surface area contributed by atoms with E-state index in [1.165, 1.54) is 6.20 Å². The number of aliphatic hydroxyl groups excluding tert-OH is 1. The van der Waals surface area contributed by atoms with Gasteiger partial charge in [0.05, 0.1) is 12.2 Å². The Labute approximate surface area is 111 Å². The van der Waals surface area contributed by atoms with E-state index in [2.05, 4.69) is 10.3 Å². The molecule has 0 aliphatic carbocycles. The van der Waals surface area contributed by atoms with E-state index in [0.717, 1.165) is 0 Å². The molecule has 0 bridgehead atoms. The number of carbonyl (C=O) groups is 1. The van der Waals surface area contributed by atoms with Crippen LogP contribution < -0.4 is 5.32 Å². The van der Waals surface area contributed by atoms with Gasteiger partial charge in [0.15, 0.2) is 0 Å². The average Bonchev–Trinajstić information content (AvgIpc) is 2.35. The van der Waals surface area contributed by atoms with Crippen molar-refractivity contribution < 1.29 is 30.5 Å². The molecular weight excluding hydrogens is 280 g/mol. The van der Waals surface area contributed by atoms with Crippen molar-refractivity contribution in [3.05, 3.63) is 50.3 Å². The molecule has 1 aromatic rings. The van der Waals surface area contributed by atoms with Gasteiger partial charge in [-0.25, -0.2) is 0 Å². The molecule has 0 aliphatic rings. The molecule has 4 N–H and O–H groups in total. The van der Waals surface area contributed by atoms with Gasteiger partial charge in [0.1, 0.15) is 0 Å². The van der Waals surface area contributed by atoms with E-state index in [9.17, 15) is 4.79 Å². The summed E-state index contributed by atoms with van der Waals surface area (Å²) in [5.74, 6) is -0.211. The molecule has 0 fully saturated rings. The monoisotopic (exact) mass is 292 g/mol. The van der Waals surface area contributed by atoms with Gasteiger partial charge in [0, 0.05) is 18.9 Å². The van der Waals surface area contributed by atoms with E-state index < -0.39 is 10.2 Å². The second kappa shape index (κ2) is 12.4. The van der Waals surface area contributed by atoms with E-state index in [0.29, 0.717) is 5.56 Å². The van der Waals surface area contributed by atoms with E-state index in [4.69, 9.17) is 35.7 Å². The van der Waals surface area contributed by atoms with E-state index >= 15 is 0 Å². The van der Waals surface area contributed by atoms with Crippen molar-refractivity contribution in [1.29, 1.82) is 0 Å². The summed E-state index contributed by atoms with van der Waals surface area (Å²) < 4.78 is 0. The van der Waals surface area contributed by atoms with Gasteiger partial charge >= 0.3 is 0 Å². The van der Waals surface area contributed by atoms with Crippen LogP contribution in [0.2, 0.25) is 0 Å². The number of rotatable bonds is 3. The van der Waals surface area contributed by atoms with Gasteiger partial charge in [0.2, 0.25) is 0 Å². The Morgan fingerprint density at radius 2 is 1.80 bits per heavy atom. The highest BCUT2D eigenvalue weighted by atomic mass is 16.9. The number of carbonyl (C=O) groups excluding carboxylic acids is 1. The zero-order valence-electron chi connectivity index (χ0n) is 9.95. The Balaban J connectivity index is 0. The molecule has 1 amide bonds. The van der Waals surface area contributed by atoms with Crippen molar-refractivity contribution in [3.8, 4) is 0 Å². The lowest BCUT2D eigenvalue weighted by Crippen LogP contribution is -2.26. The van der Waals surface area contributed by atoms with Gasteiger partial charge in [0.25, 0.3) is 16.1 Å². The van der Waals surface area contributed by atoms with Gasteiger partial charge in [-0.2, -0.15) is 0 Å². The summed E-state index contributed by atoms with van der Waals surface area (Å²) in [5, 5.41) is 38.2. The minimum Gasteiger partial charge on any atom is -0.395 e. The van der Waals surface area contributed by atoms with Crippen LogP contribution in [0.5, 0.6) is 0 Å². The van der Waals surface area contributed by atoms with Crippen molar-refractivity contribution in [2.45, 2.75) is 0 Å². The number of aliphatic hydroxyl groups is 1. The molecule has 0 saturated carbocycles. The maximum Gasteiger partial charge on any atom is 0.291 e. The van der Waals surface area contributed by atoms with Crippen LogP contribution in [0.4, 0.5) is 0 Å². The van der Waals surface area contributed by atoms with Crippen LogP contribution in [0.15, 0.2) is 24.5 Å². The van der Waals surface area contributed by atoms with Crippen LogP contribution in [-0.2, 0) is 0 Å². The number of hydrogen-bond acceptors (Lipinski definition) is 7. The number of nitrogens with zero attached hydrogens (tertiary/aromatic N) is 3. The molecule has 20 heavy (non-hydrogen) atoms. The van der Waals surface area contributed by atoms with Crippen LogP contribution in [-0.4, -0.2) is 49.7 Å². The summed E-state index contributed by atoms with van der Waals surface area (Å²) in [4.78, 5) is 31.7. The van der Waals surface area contributed by atoms with Crippen LogP contribution in [0.3, 0.4) is 0 Å². The first-order chi connectivity index (χ1) is 9.31. The van der Waals surface area contributed by atoms with Gasteiger partial charge in [-0.15, -0.1) is 20.2 Å². The highest BCUT2D eigenvalue weighted by molar-refractivity contribution is 5.93. The molecule has 1 aromatic heterocycles. The highest BCUT2D eigenvalue weighted by Gasteiger charge is 2.01. The normalized spacial score (nSPS) is 8.05. The first-order valence-corrected chi connectivity index (χ1v) is 4.76. The third-order valence-corrected chi connectivity index (χ3v) is 1.32. The Morgan fingerprint density at radius 3 is 2.15 bits per heavy atom. The van der Waals surface area contributed by atoms with Crippen LogP contribution in [0, 0.1) is 20.2 Å². The summed E-state index contributed by atoms with van der Waals surface area (Å²) in [6, 6.07) is 3.35. The maximum absolute atomic E-state index is 11.1. The van der Waals surface area contributed by atoms with Crippen molar-refractivity contribution >= 4 is 5.91 Å². The molecule has 12 heteroatoms. The molecule has 0 atom stereocenters. The first kappa shape index (κ1) is 19.3. The summed E-state index contributed by atoms with van der Waals surface area (Å²) in [7, 11) is 0. The maximum atomic E-state index is 11.1. The molecule has 1 heterocycles. The third kappa shape index (κ3) is 17.4. The molecule has 112 valence electrons. The molecule has 0 aliphatic heterocycles. The Bertz CT molecular complexity index is 392. The lowest BCUT2D eigenvalue weighted by Gasteiger charge is -2.00. The summed E-state index contributed by atoms with van der Waals surface area (Å²) in [6.07, 6.45) is 3.08. The Kier molecular flexibility index (Phi) is 12.0. The molecule has 0 saturated heterocycles. The van der Waals surface area contributed by atoms with Gasteiger partial charge in [-0.3, -0.25) is 9.78 Å². The van der Waals surface area contributed by atoms with E-state index in [1.54, 1.807) is 18.3 Å². The molecule has 12 nitrogen and oxygen atoms in total. The van der Waals surface area contributed by atoms with Gasteiger partial charge < -0.3 is 20.8 Å². The Morgan fingerprint density at radius 1 is 1.30 bits per heavy atom. The SMILES string of the molecule is O=C(NCCO)c1cccnc1.O=[N+]([O-])O.O=[N+]([O-])O. The summed E-state index contributed by atoms with van der Waals surface area (Å²) in [6.45, 7) is 0.222. The van der Waals surface area contributed by atoms with Crippen LogP contribution >= 0.6 is 0 Å². The minimum absolute atomic E-state index is 0.0496. The average molecular weight is 292 g/mol. The molecule has 0 radical (unpaired) electrons. The number of nitrogens with one attached hydrogen (secondary N) is 1. The second-order valence-corrected chi connectivity index (χ2v) is 2.70. The zero-order valence-corrected chi connectivity index (χ0v) is 9.95. The van der Waals surface area contributed by atoms with Crippen LogP contribution in [0.1, 0.15) is 10.4 Å². The molecule has 0 spiro atoms. The highest BCUT2D eigenvalue weighted by Crippen LogP contribution is 1.93. The predicted octanol–water partition coefficient (Wildman–Crippen LogP) is -0.892. The summed E-state index contributed by atoms with van der Waals surface area (Å²) >= 11 is 0. The zero-order chi connectivity index (χ0) is 16.0. The molecule has 0 unspecified atom stereocenters. The first-order valence-electron chi connectivity index (χ1n) is 4.76. The fraction of sp³-hybridized carbons (Fsp3) is 0.250. The molecule has 1 rings (SSSR count). The summed E-state index contributed by atoms with van der Waals surface area (Å²) in [5.41, 5.74) is 0.506. The van der Waals surface area contributed by atoms with E-state index in [-0.39, 0.29) is 19.1 Å². The van der Waals surface area contributed by atoms with Crippen molar-refractivity contribution in [2.24, 2.45) is 0 Å². The number of aromatic nitrogens is 1. The van der Waals surface area contributed by atoms with Crippen LogP contribution in [0.25, 0.3) is 0 Å². The smallest absolute Gasteiger partial charge is 0.291 e. The predicted molar refractivity (Wildman–Crippen MR) is 61.2 cm³/mol. The lowest BCUT2D eigenvalue weighted by atomic mass is 10.3. The second-order valence-electron chi connectivity index (χ2n) is 2.70. The van der Waals surface area contributed by atoms with Crippen molar-refractivity contribution in [2.75, 3.05) is 13.2 Å². The van der Waals surface area contributed by atoms with Crippen molar-refractivity contribution in [1.82, 2.24) is 10.3 Å².